The molecule has 4 aromatic rings. The van der Waals surface area contributed by atoms with Crippen molar-refractivity contribution in [3.63, 3.8) is 0 Å². The second kappa shape index (κ2) is 7.81. The molecule has 0 aliphatic heterocycles. The predicted octanol–water partition coefficient (Wildman–Crippen LogP) is 3.63. The van der Waals surface area contributed by atoms with Gasteiger partial charge in [-0.15, -0.1) is 5.10 Å². The Morgan fingerprint density at radius 1 is 1.14 bits per heavy atom. The Labute approximate surface area is 165 Å². The van der Waals surface area contributed by atoms with Crippen LogP contribution >= 0.6 is 11.8 Å². The van der Waals surface area contributed by atoms with E-state index in [0.717, 1.165) is 16.8 Å². The molecule has 0 aliphatic rings. The van der Waals surface area contributed by atoms with Crippen molar-refractivity contribution in [1.29, 1.82) is 0 Å². The molecule has 0 bridgehead atoms. The number of aromatic nitrogens is 6. The van der Waals surface area contributed by atoms with Crippen LogP contribution in [-0.2, 0) is 5.75 Å². The molecule has 0 saturated carbocycles. The van der Waals surface area contributed by atoms with Crippen LogP contribution in [0.3, 0.4) is 0 Å². The van der Waals surface area contributed by atoms with Crippen LogP contribution in [-0.4, -0.2) is 37.5 Å². The second-order valence-electron chi connectivity index (χ2n) is 6.16. The van der Waals surface area contributed by atoms with E-state index in [-0.39, 0.29) is 0 Å². The maximum atomic E-state index is 5.39. The summed E-state index contributed by atoms with van der Waals surface area (Å²) in [5.74, 6) is 2.12. The predicted molar refractivity (Wildman–Crippen MR) is 104 cm³/mol. The van der Waals surface area contributed by atoms with Gasteiger partial charge in [-0.2, -0.15) is 9.67 Å². The van der Waals surface area contributed by atoms with E-state index in [4.69, 9.17) is 9.26 Å². The van der Waals surface area contributed by atoms with Crippen LogP contribution in [0.25, 0.3) is 17.1 Å². The van der Waals surface area contributed by atoms with Gasteiger partial charge >= 0.3 is 0 Å². The Kier molecular flexibility index (Phi) is 5.07. The molecule has 4 rings (SSSR count). The molecule has 0 atom stereocenters. The van der Waals surface area contributed by atoms with Crippen molar-refractivity contribution in [3.8, 4) is 22.8 Å². The third-order valence-corrected chi connectivity index (χ3v) is 5.07. The zero-order valence-corrected chi connectivity index (χ0v) is 16.5. The molecule has 0 saturated heterocycles. The first-order valence-electron chi connectivity index (χ1n) is 8.60. The van der Waals surface area contributed by atoms with Crippen molar-refractivity contribution in [3.05, 3.63) is 59.5 Å². The number of benzene rings is 2. The minimum absolute atomic E-state index is 0.452. The summed E-state index contributed by atoms with van der Waals surface area (Å²) in [5, 5.41) is 16.8. The third-order valence-electron chi connectivity index (χ3n) is 4.16. The molecule has 0 N–H and O–H groups in total. The summed E-state index contributed by atoms with van der Waals surface area (Å²) in [4.78, 5) is 4.46. The Morgan fingerprint density at radius 2 is 2.00 bits per heavy atom. The van der Waals surface area contributed by atoms with Gasteiger partial charge < -0.3 is 9.26 Å². The highest BCUT2D eigenvalue weighted by Crippen LogP contribution is 2.29. The third kappa shape index (κ3) is 3.61. The van der Waals surface area contributed by atoms with Crippen LogP contribution < -0.4 is 4.74 Å². The molecule has 0 amide bonds. The average Bonchev–Trinajstić information content (AvgIpc) is 3.36. The minimum atomic E-state index is 0.452. The first-order valence-corrected chi connectivity index (χ1v) is 9.59. The van der Waals surface area contributed by atoms with Crippen molar-refractivity contribution in [2.24, 2.45) is 0 Å². The molecule has 0 radical (unpaired) electrons. The van der Waals surface area contributed by atoms with E-state index in [9.17, 15) is 0 Å². The van der Waals surface area contributed by atoms with Gasteiger partial charge in [0, 0.05) is 0 Å². The number of methoxy groups -OCH3 is 1. The van der Waals surface area contributed by atoms with Crippen molar-refractivity contribution in [2.45, 2.75) is 24.8 Å². The monoisotopic (exact) mass is 394 g/mol. The Bertz CT molecular complexity index is 1110. The van der Waals surface area contributed by atoms with Crippen LogP contribution in [0.1, 0.15) is 17.0 Å². The zero-order valence-electron chi connectivity index (χ0n) is 15.7. The fraction of sp³-hybridized carbons (Fsp3) is 0.211. The number of thioether (sulfide) groups is 1. The van der Waals surface area contributed by atoms with Crippen LogP contribution in [0.4, 0.5) is 0 Å². The van der Waals surface area contributed by atoms with E-state index in [1.165, 1.54) is 17.3 Å². The second-order valence-corrected chi connectivity index (χ2v) is 7.11. The lowest BCUT2D eigenvalue weighted by Crippen LogP contribution is -2.02. The molecule has 8 nitrogen and oxygen atoms in total. The molecule has 28 heavy (non-hydrogen) atoms. The SMILES string of the molecule is COc1ccccc1-c1noc(CSc2nnnn2-c2ccc(C)cc2C)n1. The van der Waals surface area contributed by atoms with Crippen LogP contribution in [0.15, 0.2) is 52.1 Å². The molecule has 0 aliphatic carbocycles. The molecule has 0 unspecified atom stereocenters. The maximum Gasteiger partial charge on any atom is 0.237 e. The summed E-state index contributed by atoms with van der Waals surface area (Å²) >= 11 is 1.43. The summed E-state index contributed by atoms with van der Waals surface area (Å²) < 4.78 is 12.5. The van der Waals surface area contributed by atoms with Crippen molar-refractivity contribution in [1.82, 2.24) is 30.3 Å². The quantitative estimate of drug-likeness (QED) is 0.458. The maximum absolute atomic E-state index is 5.39. The van der Waals surface area contributed by atoms with Gasteiger partial charge in [-0.05, 0) is 48.0 Å². The summed E-state index contributed by atoms with van der Waals surface area (Å²) in [5.41, 5.74) is 4.02. The first kappa shape index (κ1) is 18.2. The minimum Gasteiger partial charge on any atom is -0.496 e. The molecule has 0 spiro atoms. The molecule has 0 fully saturated rings. The lowest BCUT2D eigenvalue weighted by Gasteiger charge is -2.07. The van der Waals surface area contributed by atoms with E-state index in [1.807, 2.05) is 43.3 Å². The molecule has 2 aromatic carbocycles. The van der Waals surface area contributed by atoms with Gasteiger partial charge in [-0.1, -0.05) is 46.7 Å². The zero-order chi connectivity index (χ0) is 19.5. The molecule has 142 valence electrons. The summed E-state index contributed by atoms with van der Waals surface area (Å²) in [6.07, 6.45) is 0. The van der Waals surface area contributed by atoms with Gasteiger partial charge in [0.2, 0.25) is 16.9 Å². The van der Waals surface area contributed by atoms with Gasteiger partial charge in [-0.3, -0.25) is 0 Å². The standard InChI is InChI=1S/C19H18N6O2S/c1-12-8-9-15(13(2)10-12)25-19(21-23-24-25)28-11-17-20-18(22-27-17)14-6-4-5-7-16(14)26-3/h4-10H,11H2,1-3H3. The van der Waals surface area contributed by atoms with Crippen molar-refractivity contribution < 1.29 is 9.26 Å². The molecule has 2 heterocycles. The lowest BCUT2D eigenvalue weighted by atomic mass is 10.1. The number of rotatable bonds is 6. The fourth-order valence-electron chi connectivity index (χ4n) is 2.84. The largest absolute Gasteiger partial charge is 0.496 e. The average molecular weight is 394 g/mol. The van der Waals surface area contributed by atoms with Gasteiger partial charge in [0.15, 0.2) is 0 Å². The smallest absolute Gasteiger partial charge is 0.237 e. The van der Waals surface area contributed by atoms with Crippen LogP contribution in [0, 0.1) is 13.8 Å². The molecule has 9 heteroatoms. The first-order chi connectivity index (χ1) is 13.7. The molecular weight excluding hydrogens is 376 g/mol. The van der Waals surface area contributed by atoms with E-state index < -0.39 is 0 Å². The number of ether oxygens (including phenoxy) is 1. The Morgan fingerprint density at radius 3 is 2.82 bits per heavy atom. The number of aryl methyl sites for hydroxylation is 2. The topological polar surface area (TPSA) is 91.8 Å². The summed E-state index contributed by atoms with van der Waals surface area (Å²) in [6.45, 7) is 4.09. The van der Waals surface area contributed by atoms with Gasteiger partial charge in [-0.25, -0.2) is 0 Å². The van der Waals surface area contributed by atoms with Gasteiger partial charge in [0.1, 0.15) is 5.75 Å². The Hall–Kier alpha value is -3.20. The number of nitrogens with zero attached hydrogens (tertiary/aromatic N) is 6. The molecule has 2 aromatic heterocycles. The van der Waals surface area contributed by atoms with Crippen molar-refractivity contribution >= 4 is 11.8 Å². The number of para-hydroxylation sites is 1. The fourth-order valence-corrected chi connectivity index (χ4v) is 3.56. The van der Waals surface area contributed by atoms with E-state index >= 15 is 0 Å². The highest BCUT2D eigenvalue weighted by atomic mass is 32.2. The van der Waals surface area contributed by atoms with Crippen molar-refractivity contribution in [2.75, 3.05) is 7.11 Å². The Balaban J connectivity index is 1.52. The lowest BCUT2D eigenvalue weighted by molar-refractivity contribution is 0.390. The number of hydrogen-bond acceptors (Lipinski definition) is 8. The van der Waals surface area contributed by atoms with E-state index in [0.29, 0.717) is 28.4 Å². The van der Waals surface area contributed by atoms with Crippen LogP contribution in [0.5, 0.6) is 5.75 Å². The van der Waals surface area contributed by atoms with E-state index in [2.05, 4.69) is 38.7 Å². The highest BCUT2D eigenvalue weighted by Gasteiger charge is 2.16. The normalized spacial score (nSPS) is 11.0. The van der Waals surface area contributed by atoms with E-state index in [1.54, 1.807) is 11.8 Å². The summed E-state index contributed by atoms with van der Waals surface area (Å²) in [6, 6.07) is 13.7. The highest BCUT2D eigenvalue weighted by molar-refractivity contribution is 7.98. The number of hydrogen-bond donors (Lipinski definition) is 0. The van der Waals surface area contributed by atoms with Gasteiger partial charge in [0.25, 0.3) is 0 Å². The number of tetrazole rings is 1. The summed E-state index contributed by atoms with van der Waals surface area (Å²) in [7, 11) is 1.61. The van der Waals surface area contributed by atoms with Crippen LogP contribution in [0.2, 0.25) is 0 Å². The molecular formula is C19H18N6O2S. The van der Waals surface area contributed by atoms with Gasteiger partial charge in [0.05, 0.1) is 24.1 Å².